The van der Waals surface area contributed by atoms with E-state index in [1.54, 1.807) is 13.0 Å². The van der Waals surface area contributed by atoms with Gasteiger partial charge in [-0.05, 0) is 19.8 Å². The molecule has 2 fully saturated rings. The van der Waals surface area contributed by atoms with Crippen molar-refractivity contribution >= 4 is 11.9 Å². The van der Waals surface area contributed by atoms with Gasteiger partial charge in [-0.3, -0.25) is 4.79 Å². The highest BCUT2D eigenvalue weighted by Gasteiger charge is 2.61. The number of carbonyl (C=O) groups excluding carboxylic acids is 2. The third kappa shape index (κ3) is 2.64. The molecule has 0 aromatic rings. The third-order valence-electron chi connectivity index (χ3n) is 3.71. The number of nitrogens with one attached hydrogen (secondary N) is 2. The second kappa shape index (κ2) is 5.30. The van der Waals surface area contributed by atoms with Gasteiger partial charge in [0.05, 0.1) is 18.8 Å². The Balaban J connectivity index is 2.00. The topological polar surface area (TPSA) is 87.7 Å². The Bertz CT molecular complexity index is 398. The first-order valence-corrected chi connectivity index (χ1v) is 6.56. The maximum absolute atomic E-state index is 12.1. The van der Waals surface area contributed by atoms with Crippen LogP contribution in [0, 0.1) is 5.92 Å². The lowest BCUT2D eigenvalue weighted by Crippen LogP contribution is -2.51. The van der Waals surface area contributed by atoms with Crippen LogP contribution in [0.2, 0.25) is 0 Å². The molecule has 1 aliphatic carbocycles. The summed E-state index contributed by atoms with van der Waals surface area (Å²) in [6.07, 6.45) is 2.04. The van der Waals surface area contributed by atoms with Crippen molar-refractivity contribution in [1.82, 2.24) is 10.6 Å². The summed E-state index contributed by atoms with van der Waals surface area (Å²) in [5.41, 5.74) is -0.954. The lowest BCUT2D eigenvalue weighted by Gasteiger charge is -2.19. The second-order valence-electron chi connectivity index (χ2n) is 5.08. The van der Waals surface area contributed by atoms with Crippen molar-refractivity contribution in [2.24, 2.45) is 5.92 Å². The summed E-state index contributed by atoms with van der Waals surface area (Å²) in [4.78, 5) is 24.0. The highest BCUT2D eigenvalue weighted by molar-refractivity contribution is 5.93. The average molecular weight is 268 g/mol. The largest absolute Gasteiger partial charge is 0.464 e. The molecule has 6 nitrogen and oxygen atoms in total. The molecule has 4 atom stereocenters. The quantitative estimate of drug-likeness (QED) is 0.455. The minimum absolute atomic E-state index is 0.0816. The van der Waals surface area contributed by atoms with E-state index in [2.05, 4.69) is 17.2 Å². The maximum atomic E-state index is 12.1. The molecule has 0 aromatic heterocycles. The van der Waals surface area contributed by atoms with Crippen molar-refractivity contribution in [1.29, 1.82) is 0 Å². The van der Waals surface area contributed by atoms with Gasteiger partial charge in [0.1, 0.15) is 5.54 Å². The zero-order valence-electron chi connectivity index (χ0n) is 11.0. The maximum Gasteiger partial charge on any atom is 0.332 e. The summed E-state index contributed by atoms with van der Waals surface area (Å²) in [6.45, 7) is 6.07. The van der Waals surface area contributed by atoms with Crippen molar-refractivity contribution in [2.45, 2.75) is 37.5 Å². The summed E-state index contributed by atoms with van der Waals surface area (Å²) in [5, 5.41) is 15.1. The zero-order chi connectivity index (χ0) is 14.0. The zero-order valence-corrected chi connectivity index (χ0v) is 11.0. The van der Waals surface area contributed by atoms with Gasteiger partial charge in [0.2, 0.25) is 5.91 Å². The monoisotopic (exact) mass is 268 g/mol. The molecular weight excluding hydrogens is 248 g/mol. The van der Waals surface area contributed by atoms with Crippen LogP contribution < -0.4 is 10.6 Å². The van der Waals surface area contributed by atoms with E-state index in [1.165, 1.54) is 0 Å². The van der Waals surface area contributed by atoms with E-state index in [-0.39, 0.29) is 18.4 Å². The summed E-state index contributed by atoms with van der Waals surface area (Å²) >= 11 is 0. The molecule has 1 heterocycles. The van der Waals surface area contributed by atoms with Gasteiger partial charge in [0.15, 0.2) is 0 Å². The molecule has 0 unspecified atom stereocenters. The fraction of sp³-hybridized carbons (Fsp3) is 0.692. The molecule has 0 radical (unpaired) electrons. The first-order chi connectivity index (χ1) is 9.03. The van der Waals surface area contributed by atoms with Crippen LogP contribution in [0.3, 0.4) is 0 Å². The average Bonchev–Trinajstić information content (AvgIpc) is 2.92. The molecule has 106 valence electrons. The number of hydrogen-bond donors (Lipinski definition) is 3. The van der Waals surface area contributed by atoms with Crippen LogP contribution in [0.4, 0.5) is 0 Å². The Labute approximate surface area is 112 Å². The van der Waals surface area contributed by atoms with E-state index in [9.17, 15) is 14.7 Å². The number of β-amino-alcohol motifs (C(OH)–C–C–N with tert-alkyl or cyclic N) is 1. The predicted molar refractivity (Wildman–Crippen MR) is 68.2 cm³/mol. The van der Waals surface area contributed by atoms with Gasteiger partial charge in [0, 0.05) is 12.5 Å². The molecule has 19 heavy (non-hydrogen) atoms. The van der Waals surface area contributed by atoms with E-state index < -0.39 is 23.7 Å². The number of rotatable bonds is 5. The van der Waals surface area contributed by atoms with Gasteiger partial charge in [-0.2, -0.15) is 0 Å². The molecule has 2 rings (SSSR count). The van der Waals surface area contributed by atoms with Crippen molar-refractivity contribution in [2.75, 3.05) is 13.2 Å². The third-order valence-corrected chi connectivity index (χ3v) is 3.71. The van der Waals surface area contributed by atoms with Gasteiger partial charge < -0.3 is 20.5 Å². The van der Waals surface area contributed by atoms with Crippen molar-refractivity contribution in [3.63, 3.8) is 0 Å². The Morgan fingerprint density at radius 3 is 2.84 bits per heavy atom. The predicted octanol–water partition coefficient (Wildman–Crippen LogP) is -0.667. The number of hydrogen-bond acceptors (Lipinski definition) is 5. The lowest BCUT2D eigenvalue weighted by atomic mass is 10.1. The molecular formula is C13H20N2O4. The number of amides is 1. The SMILES string of the molecule is C=C[C@H]1C[C@]1(NC(=O)[C@@H]1C[C@@H](O)CN1)C(=O)OCC. The van der Waals surface area contributed by atoms with Gasteiger partial charge in [-0.1, -0.05) is 6.08 Å². The minimum atomic E-state index is -0.954. The first kappa shape index (κ1) is 14.0. The van der Waals surface area contributed by atoms with Crippen LogP contribution in [0.15, 0.2) is 12.7 Å². The van der Waals surface area contributed by atoms with E-state index in [0.29, 0.717) is 19.4 Å². The first-order valence-electron chi connectivity index (χ1n) is 6.56. The summed E-state index contributed by atoms with van der Waals surface area (Å²) in [6, 6.07) is -0.452. The van der Waals surface area contributed by atoms with Crippen molar-refractivity contribution in [3.05, 3.63) is 12.7 Å². The molecule has 0 bridgehead atoms. The molecule has 1 saturated heterocycles. The molecule has 1 amide bonds. The van der Waals surface area contributed by atoms with Crippen LogP contribution >= 0.6 is 0 Å². The van der Waals surface area contributed by atoms with Crippen LogP contribution in [-0.2, 0) is 14.3 Å². The van der Waals surface area contributed by atoms with Crippen molar-refractivity contribution in [3.8, 4) is 0 Å². The van der Waals surface area contributed by atoms with E-state index in [1.807, 2.05) is 0 Å². The number of carbonyl (C=O) groups is 2. The smallest absolute Gasteiger partial charge is 0.332 e. The van der Waals surface area contributed by atoms with E-state index >= 15 is 0 Å². The number of aliphatic hydroxyl groups is 1. The van der Waals surface area contributed by atoms with Gasteiger partial charge in [-0.25, -0.2) is 4.79 Å². The Morgan fingerprint density at radius 1 is 1.63 bits per heavy atom. The number of ether oxygens (including phenoxy) is 1. The lowest BCUT2D eigenvalue weighted by molar-refractivity contribution is -0.149. The van der Waals surface area contributed by atoms with Crippen LogP contribution in [0.1, 0.15) is 19.8 Å². The molecule has 3 N–H and O–H groups in total. The summed E-state index contributed by atoms with van der Waals surface area (Å²) in [7, 11) is 0. The molecule has 0 spiro atoms. The van der Waals surface area contributed by atoms with Gasteiger partial charge >= 0.3 is 5.97 Å². The van der Waals surface area contributed by atoms with E-state index in [4.69, 9.17) is 4.74 Å². The van der Waals surface area contributed by atoms with Crippen molar-refractivity contribution < 1.29 is 19.4 Å². The van der Waals surface area contributed by atoms with Crippen LogP contribution in [0.25, 0.3) is 0 Å². The molecule has 2 aliphatic rings. The number of aliphatic hydroxyl groups excluding tert-OH is 1. The van der Waals surface area contributed by atoms with Crippen LogP contribution in [-0.4, -0.2) is 47.8 Å². The fourth-order valence-corrected chi connectivity index (χ4v) is 2.49. The van der Waals surface area contributed by atoms with Gasteiger partial charge in [-0.15, -0.1) is 6.58 Å². The standard InChI is InChI=1S/C13H20N2O4/c1-3-8-6-13(8,12(18)19-4-2)15-11(17)10-5-9(16)7-14-10/h3,8-10,14,16H,1,4-7H2,2H3,(H,15,17)/t8-,9+,10-,13+/m0/s1. The van der Waals surface area contributed by atoms with E-state index in [0.717, 1.165) is 0 Å². The fourth-order valence-electron chi connectivity index (χ4n) is 2.49. The molecule has 0 aromatic carbocycles. The Hall–Kier alpha value is -1.40. The highest BCUT2D eigenvalue weighted by atomic mass is 16.5. The molecule has 1 saturated carbocycles. The Kier molecular flexibility index (Phi) is 3.91. The second-order valence-corrected chi connectivity index (χ2v) is 5.08. The van der Waals surface area contributed by atoms with Gasteiger partial charge in [0.25, 0.3) is 0 Å². The molecule has 6 heteroatoms. The number of esters is 1. The summed E-state index contributed by atoms with van der Waals surface area (Å²) < 4.78 is 5.01. The highest BCUT2D eigenvalue weighted by Crippen LogP contribution is 2.45. The Morgan fingerprint density at radius 2 is 2.37 bits per heavy atom. The molecule has 1 aliphatic heterocycles. The minimum Gasteiger partial charge on any atom is -0.464 e. The summed E-state index contributed by atoms with van der Waals surface area (Å²) in [5.74, 6) is -0.762. The normalized spacial score (nSPS) is 36.6. The van der Waals surface area contributed by atoms with Crippen LogP contribution in [0.5, 0.6) is 0 Å².